The molecule has 1 aliphatic carbocycles. The Hall–Kier alpha value is -4.56. The molecule has 0 heterocycles. The largest absolute Gasteiger partial charge is 0.338 e. The average molecular weight is 593 g/mol. The molecule has 1 atom stereocenters. The highest BCUT2D eigenvalue weighted by molar-refractivity contribution is 5.79. The number of benzene rings is 4. The topological polar surface area (TPSA) is 6.48 Å². The zero-order chi connectivity index (χ0) is 31.9. The van der Waals surface area contributed by atoms with Crippen LogP contribution in [0.25, 0.3) is 11.1 Å². The molecular formula is C43H48N2. The van der Waals surface area contributed by atoms with Crippen LogP contribution >= 0.6 is 0 Å². The average Bonchev–Trinajstić information content (AvgIpc) is 3.01. The van der Waals surface area contributed by atoms with E-state index in [4.69, 9.17) is 0 Å². The Morgan fingerprint density at radius 2 is 1.33 bits per heavy atom. The molecule has 0 N–H and O–H groups in total. The lowest BCUT2D eigenvalue weighted by atomic mass is 9.94. The normalized spacial score (nSPS) is 15.0. The molecule has 45 heavy (non-hydrogen) atoms. The van der Waals surface area contributed by atoms with Crippen molar-refractivity contribution in [1.82, 2.24) is 0 Å². The first-order chi connectivity index (χ1) is 21.7. The molecule has 0 aliphatic heterocycles. The molecular weight excluding hydrogens is 544 g/mol. The van der Waals surface area contributed by atoms with Crippen LogP contribution in [0.15, 0.2) is 133 Å². The van der Waals surface area contributed by atoms with Crippen LogP contribution in [-0.4, -0.2) is 6.54 Å². The third-order valence-electron chi connectivity index (χ3n) is 8.73. The van der Waals surface area contributed by atoms with Gasteiger partial charge in [-0.2, -0.15) is 0 Å². The van der Waals surface area contributed by atoms with Gasteiger partial charge in [0.05, 0.1) is 0 Å². The van der Waals surface area contributed by atoms with Crippen molar-refractivity contribution in [2.75, 3.05) is 16.3 Å². The van der Waals surface area contributed by atoms with Gasteiger partial charge in [-0.1, -0.05) is 86.2 Å². The molecule has 0 fully saturated rings. The van der Waals surface area contributed by atoms with Gasteiger partial charge in [0.1, 0.15) is 0 Å². The Labute approximate surface area is 271 Å². The van der Waals surface area contributed by atoms with Gasteiger partial charge in [-0.05, 0) is 141 Å². The molecule has 5 rings (SSSR count). The summed E-state index contributed by atoms with van der Waals surface area (Å²) >= 11 is 0. The van der Waals surface area contributed by atoms with E-state index in [0.29, 0.717) is 5.92 Å². The predicted octanol–water partition coefficient (Wildman–Crippen LogP) is 12.3. The lowest BCUT2D eigenvalue weighted by Gasteiger charge is -2.30. The maximum absolute atomic E-state index is 2.40. The van der Waals surface area contributed by atoms with Crippen LogP contribution in [0, 0.1) is 33.6 Å². The predicted molar refractivity (Wildman–Crippen MR) is 197 cm³/mol. The highest BCUT2D eigenvalue weighted by Gasteiger charge is 2.18. The fraction of sp³-hybridized carbons (Fsp3) is 0.256. The summed E-state index contributed by atoms with van der Waals surface area (Å²) in [6.45, 7) is 16.3. The molecule has 0 amide bonds. The third-order valence-corrected chi connectivity index (χ3v) is 8.73. The van der Waals surface area contributed by atoms with Gasteiger partial charge >= 0.3 is 0 Å². The first-order valence-electron chi connectivity index (χ1n) is 16.4. The van der Waals surface area contributed by atoms with Crippen LogP contribution in [0.5, 0.6) is 0 Å². The quantitative estimate of drug-likeness (QED) is 0.169. The monoisotopic (exact) mass is 592 g/mol. The Balaban J connectivity index is 1.49. The van der Waals surface area contributed by atoms with Crippen molar-refractivity contribution >= 4 is 22.7 Å². The lowest BCUT2D eigenvalue weighted by Crippen LogP contribution is -2.18. The fourth-order valence-electron chi connectivity index (χ4n) is 6.06. The molecule has 4 aromatic carbocycles. The molecule has 1 aliphatic rings. The zero-order valence-corrected chi connectivity index (χ0v) is 28.1. The van der Waals surface area contributed by atoms with Crippen LogP contribution in [0.3, 0.4) is 0 Å². The SMILES string of the molecule is CC/C(C)=C\C=C/CN(c1cccc(C)c1)c1ccc(-c2ccc(N(C3=CC(C)CC=C3)c3cccc(C)c3)cc2C)c(C)c1. The van der Waals surface area contributed by atoms with Gasteiger partial charge in [-0.25, -0.2) is 0 Å². The second-order valence-corrected chi connectivity index (χ2v) is 12.6. The van der Waals surface area contributed by atoms with Crippen LogP contribution in [0.1, 0.15) is 55.9 Å². The summed E-state index contributed by atoms with van der Waals surface area (Å²) in [6.07, 6.45) is 15.8. The summed E-state index contributed by atoms with van der Waals surface area (Å²) in [5.41, 5.74) is 15.0. The number of allylic oxidation sites excluding steroid dienone is 6. The number of aryl methyl sites for hydroxylation is 4. The first kappa shape index (κ1) is 31.9. The molecule has 0 bridgehead atoms. The van der Waals surface area contributed by atoms with Crippen LogP contribution in [0.2, 0.25) is 0 Å². The summed E-state index contributed by atoms with van der Waals surface area (Å²) in [7, 11) is 0. The van der Waals surface area contributed by atoms with E-state index in [9.17, 15) is 0 Å². The minimum atomic E-state index is 0.519. The van der Waals surface area contributed by atoms with Gasteiger partial charge < -0.3 is 9.80 Å². The van der Waals surface area contributed by atoms with E-state index in [2.05, 4.69) is 180 Å². The summed E-state index contributed by atoms with van der Waals surface area (Å²) in [5.74, 6) is 0.519. The number of anilines is 4. The lowest BCUT2D eigenvalue weighted by molar-refractivity contribution is 0.726. The van der Waals surface area contributed by atoms with Gasteiger partial charge in [0.15, 0.2) is 0 Å². The molecule has 4 aromatic rings. The number of hydrogen-bond acceptors (Lipinski definition) is 2. The standard InChI is InChI=1S/C43H48N2/c1-8-31(2)14-9-10-25-44(37-18-11-15-32(3)26-37)38-21-23-42(35(6)29-38)43-24-22-41(30-36(43)7)45(39-19-12-16-33(4)27-39)40-20-13-17-34(5)28-40/h9-16,18-24,26-30,34H,8,17,25H2,1-7H3/b10-9-,31-14-. The van der Waals surface area contributed by atoms with Crippen LogP contribution in [0.4, 0.5) is 22.7 Å². The Kier molecular flexibility index (Phi) is 10.2. The number of rotatable bonds is 10. The van der Waals surface area contributed by atoms with E-state index in [1.807, 2.05) is 0 Å². The fourth-order valence-corrected chi connectivity index (χ4v) is 6.06. The number of hydrogen-bond donors (Lipinski definition) is 0. The minimum absolute atomic E-state index is 0.519. The molecule has 1 unspecified atom stereocenters. The van der Waals surface area contributed by atoms with Crippen molar-refractivity contribution in [2.24, 2.45) is 5.92 Å². The minimum Gasteiger partial charge on any atom is -0.338 e. The van der Waals surface area contributed by atoms with Gasteiger partial charge in [0.2, 0.25) is 0 Å². The van der Waals surface area contributed by atoms with Gasteiger partial charge in [-0.3, -0.25) is 0 Å². The van der Waals surface area contributed by atoms with E-state index in [1.54, 1.807) is 0 Å². The van der Waals surface area contributed by atoms with Gasteiger partial charge in [0, 0.05) is 35.0 Å². The highest BCUT2D eigenvalue weighted by Crippen LogP contribution is 2.38. The molecule has 0 aromatic heterocycles. The maximum atomic E-state index is 2.40. The van der Waals surface area contributed by atoms with Crippen LogP contribution < -0.4 is 9.80 Å². The molecule has 2 nitrogen and oxygen atoms in total. The Morgan fingerprint density at radius 1 is 0.756 bits per heavy atom. The summed E-state index contributed by atoms with van der Waals surface area (Å²) < 4.78 is 0. The summed E-state index contributed by atoms with van der Waals surface area (Å²) in [5, 5.41) is 0. The van der Waals surface area contributed by atoms with Gasteiger partial charge in [-0.15, -0.1) is 0 Å². The number of nitrogens with zero attached hydrogens (tertiary/aromatic N) is 2. The van der Waals surface area contributed by atoms with E-state index in [-0.39, 0.29) is 0 Å². The molecule has 0 spiro atoms. The first-order valence-corrected chi connectivity index (χ1v) is 16.4. The second kappa shape index (κ2) is 14.5. The van der Waals surface area contributed by atoms with E-state index >= 15 is 0 Å². The smallest absolute Gasteiger partial charge is 0.0464 e. The Morgan fingerprint density at radius 3 is 1.96 bits per heavy atom. The summed E-state index contributed by atoms with van der Waals surface area (Å²) in [4.78, 5) is 4.80. The van der Waals surface area contributed by atoms with E-state index < -0.39 is 0 Å². The van der Waals surface area contributed by atoms with Crippen LogP contribution in [-0.2, 0) is 0 Å². The zero-order valence-electron chi connectivity index (χ0n) is 28.1. The third kappa shape index (κ3) is 7.75. The molecule has 2 heteroatoms. The molecule has 0 radical (unpaired) electrons. The van der Waals surface area contributed by atoms with Crippen molar-refractivity contribution < 1.29 is 0 Å². The maximum Gasteiger partial charge on any atom is 0.0464 e. The molecule has 0 saturated heterocycles. The summed E-state index contributed by atoms with van der Waals surface area (Å²) in [6, 6.07) is 31.4. The van der Waals surface area contributed by atoms with Crippen molar-refractivity contribution in [3.8, 4) is 11.1 Å². The van der Waals surface area contributed by atoms with Crippen molar-refractivity contribution in [2.45, 2.75) is 61.3 Å². The molecule has 230 valence electrons. The van der Waals surface area contributed by atoms with Crippen molar-refractivity contribution in [3.63, 3.8) is 0 Å². The van der Waals surface area contributed by atoms with Crippen molar-refractivity contribution in [3.05, 3.63) is 155 Å². The van der Waals surface area contributed by atoms with E-state index in [1.165, 1.54) is 67.4 Å². The molecule has 0 saturated carbocycles. The highest BCUT2D eigenvalue weighted by atomic mass is 15.1. The second-order valence-electron chi connectivity index (χ2n) is 12.6. The van der Waals surface area contributed by atoms with E-state index in [0.717, 1.165) is 19.4 Å². The van der Waals surface area contributed by atoms with Gasteiger partial charge in [0.25, 0.3) is 0 Å². The Bertz CT molecular complexity index is 1770. The van der Waals surface area contributed by atoms with Crippen molar-refractivity contribution in [1.29, 1.82) is 0 Å².